The number of phenolic OH excluding ortho intramolecular Hbond substituents is 1. The third-order valence-electron chi connectivity index (χ3n) is 10.3. The number of phenols is 1. The molecule has 0 radical (unpaired) electrons. The molecule has 4 aliphatic rings. The second-order valence-corrected chi connectivity index (χ2v) is 13.4. The topological polar surface area (TPSA) is 156 Å². The Morgan fingerprint density at radius 1 is 1.12 bits per heavy atom. The quantitative estimate of drug-likeness (QED) is 0.250. The zero-order valence-electron chi connectivity index (χ0n) is 28.3. The number of ether oxygens (including phenoxy) is 2. The number of carbonyl (C=O) groups is 3. The lowest BCUT2D eigenvalue weighted by molar-refractivity contribution is -0.125. The zero-order valence-corrected chi connectivity index (χ0v) is 29.1. The van der Waals surface area contributed by atoms with Crippen molar-refractivity contribution < 1.29 is 29.0 Å². The lowest BCUT2D eigenvalue weighted by Crippen LogP contribution is -2.71. The van der Waals surface area contributed by atoms with Gasteiger partial charge < -0.3 is 30.5 Å². The monoisotopic (exact) mass is 684 g/mol. The molecular weight excluding hydrogens is 644 g/mol. The fourth-order valence-electron chi connectivity index (χ4n) is 8.11. The van der Waals surface area contributed by atoms with Crippen LogP contribution in [0, 0.1) is 18.3 Å². The van der Waals surface area contributed by atoms with Crippen molar-refractivity contribution in [3.63, 3.8) is 0 Å². The summed E-state index contributed by atoms with van der Waals surface area (Å²) in [6, 6.07) is 10.3. The summed E-state index contributed by atoms with van der Waals surface area (Å²) in [5.74, 6) is -0.787. The second-order valence-electron chi connectivity index (χ2n) is 13.0. The summed E-state index contributed by atoms with van der Waals surface area (Å²) >= 11 is 5.43. The summed E-state index contributed by atoms with van der Waals surface area (Å²) in [5.41, 5.74) is 3.90. The molecule has 3 aliphatic heterocycles. The summed E-state index contributed by atoms with van der Waals surface area (Å²) in [6.07, 6.45) is 0.625. The van der Waals surface area contributed by atoms with Gasteiger partial charge in [-0.15, -0.1) is 0 Å². The van der Waals surface area contributed by atoms with Crippen molar-refractivity contribution in [2.24, 2.45) is 0 Å². The minimum Gasteiger partial charge on any atom is -0.504 e. The number of aryl methyl sites for hydroxylation is 1. The highest BCUT2D eigenvalue weighted by atomic mass is 32.1. The first kappa shape index (κ1) is 34.1. The molecular formula is C36H40N6O6S. The van der Waals surface area contributed by atoms with E-state index in [0.29, 0.717) is 23.3 Å². The largest absolute Gasteiger partial charge is 0.504 e. The van der Waals surface area contributed by atoms with Crippen molar-refractivity contribution in [1.29, 1.82) is 5.26 Å². The number of nitrogens with zero attached hydrogens (tertiary/aromatic N) is 3. The number of rotatable bonds is 7. The first-order valence-corrected chi connectivity index (χ1v) is 16.6. The van der Waals surface area contributed by atoms with Crippen LogP contribution in [0.4, 0.5) is 5.69 Å². The molecule has 0 saturated carbocycles. The van der Waals surface area contributed by atoms with Crippen LogP contribution < -0.4 is 20.7 Å². The van der Waals surface area contributed by atoms with Crippen LogP contribution in [0.2, 0.25) is 0 Å². The van der Waals surface area contributed by atoms with E-state index in [4.69, 9.17) is 21.7 Å². The third kappa shape index (κ3) is 5.63. The van der Waals surface area contributed by atoms with Crippen molar-refractivity contribution in [3.05, 3.63) is 75.6 Å². The molecule has 49 heavy (non-hydrogen) atoms. The molecule has 1 saturated heterocycles. The molecule has 1 unspecified atom stereocenters. The molecule has 6 atom stereocenters. The van der Waals surface area contributed by atoms with Crippen molar-refractivity contribution in [1.82, 2.24) is 20.4 Å². The Bertz CT molecular complexity index is 1850. The highest BCUT2D eigenvalue weighted by Crippen LogP contribution is 2.53. The summed E-state index contributed by atoms with van der Waals surface area (Å²) in [5, 5.41) is 31.6. The van der Waals surface area contributed by atoms with Gasteiger partial charge in [0.15, 0.2) is 28.2 Å². The average molecular weight is 685 g/mol. The lowest BCUT2D eigenvalue weighted by atomic mass is 9.69. The molecule has 6 rings (SSSR count). The number of aromatic hydroxyl groups is 1. The molecule has 2 aromatic carbocycles. The molecule has 0 aromatic heterocycles. The fraction of sp³-hybridized carbons (Fsp3) is 0.417. The molecule has 1 fully saturated rings. The molecule has 1 amide bonds. The van der Waals surface area contributed by atoms with Crippen LogP contribution in [0.15, 0.2) is 58.9 Å². The number of likely N-dealkylation sites (N-methyl/N-ethyl adjacent to an activating group) is 1. The number of fused-ring (bicyclic) bond motifs is 6. The molecule has 4 N–H and O–H groups in total. The normalized spacial score (nSPS) is 25.4. The highest BCUT2D eigenvalue weighted by molar-refractivity contribution is 7.80. The standard InChI is InChI=1S/C36H40N6O6S/c1-17-12-20-13-23-25(15-37)42-24(29(41(23)4)27(20)31(44)33(17)47-5)14-22-28(32(45)34(48-6)18(2)30(22)43)26(42)16-38-35(46)19(3)39-36(49)40-21-10-8-7-9-11-21/h7-12,19,23-26,29,44H,13-14,16H2,1-6H3,(H,38,46)(H2,39,40,49)/t19-,23-,24?,25-,26-,29-/m0/s1. The third-order valence-corrected chi connectivity index (χ3v) is 10.5. The zero-order chi connectivity index (χ0) is 35.3. The number of thiocarbonyl (C=S) groups is 1. The van der Waals surface area contributed by atoms with Gasteiger partial charge in [0.25, 0.3) is 0 Å². The van der Waals surface area contributed by atoms with Gasteiger partial charge in [-0.25, -0.2) is 0 Å². The van der Waals surface area contributed by atoms with Crippen molar-refractivity contribution in [3.8, 4) is 17.6 Å². The van der Waals surface area contributed by atoms with E-state index in [9.17, 15) is 24.8 Å². The number of Topliss-reactive ketones (excluding diaryl/α,β-unsaturated/α-hetero) is 2. The SMILES string of the molecule is COC1=C(C)C(=O)C2=C(C1=O)[C@H](CNC(=O)[C@H](C)NC(=S)Nc1ccccc1)N1C(C2)[C@H]2c3c(cc(C)c(OC)c3O)C[C@@H]([C@@H]1C#N)N2C. The van der Waals surface area contributed by atoms with E-state index < -0.39 is 36.0 Å². The van der Waals surface area contributed by atoms with Crippen LogP contribution in [0.5, 0.6) is 11.5 Å². The summed E-state index contributed by atoms with van der Waals surface area (Å²) < 4.78 is 11.0. The van der Waals surface area contributed by atoms with Gasteiger partial charge in [0.05, 0.1) is 32.4 Å². The highest BCUT2D eigenvalue weighted by Gasteiger charge is 2.57. The number of nitriles is 1. The number of methoxy groups -OCH3 is 2. The van der Waals surface area contributed by atoms with E-state index in [1.807, 2.05) is 55.3 Å². The van der Waals surface area contributed by atoms with E-state index >= 15 is 0 Å². The average Bonchev–Trinajstić information content (AvgIpc) is 3.07. The Morgan fingerprint density at radius 2 is 1.84 bits per heavy atom. The Labute approximate surface area is 290 Å². The molecule has 3 heterocycles. The smallest absolute Gasteiger partial charge is 0.242 e. The number of para-hydroxylation sites is 1. The minimum absolute atomic E-state index is 0.0246. The van der Waals surface area contributed by atoms with Crippen LogP contribution in [-0.2, 0) is 25.5 Å². The Balaban J connectivity index is 1.38. The van der Waals surface area contributed by atoms with Gasteiger partial charge in [-0.1, -0.05) is 24.3 Å². The maximum atomic E-state index is 14.1. The van der Waals surface area contributed by atoms with E-state index in [-0.39, 0.29) is 58.5 Å². The summed E-state index contributed by atoms with van der Waals surface area (Å²) in [4.78, 5) is 45.6. The predicted octanol–water partition coefficient (Wildman–Crippen LogP) is 2.82. The number of allylic oxidation sites excluding steroid dienone is 2. The predicted molar refractivity (Wildman–Crippen MR) is 186 cm³/mol. The lowest BCUT2D eigenvalue weighted by Gasteiger charge is -2.60. The maximum absolute atomic E-state index is 14.1. The molecule has 12 nitrogen and oxygen atoms in total. The Hall–Kier alpha value is -4.77. The van der Waals surface area contributed by atoms with Gasteiger partial charge in [-0.3, -0.25) is 24.2 Å². The first-order chi connectivity index (χ1) is 23.4. The summed E-state index contributed by atoms with van der Waals surface area (Å²) in [6.45, 7) is 5.04. The molecule has 0 spiro atoms. The van der Waals surface area contributed by atoms with Gasteiger partial charge in [-0.05, 0) is 76.1 Å². The van der Waals surface area contributed by atoms with Gasteiger partial charge in [0.2, 0.25) is 11.7 Å². The van der Waals surface area contributed by atoms with E-state index in [0.717, 1.165) is 16.8 Å². The fourth-order valence-corrected chi connectivity index (χ4v) is 8.41. The molecule has 2 aromatic rings. The van der Waals surface area contributed by atoms with Crippen molar-refractivity contribution in [2.75, 3.05) is 33.1 Å². The molecule has 2 bridgehead atoms. The van der Waals surface area contributed by atoms with Crippen LogP contribution in [-0.4, -0.2) is 95.5 Å². The van der Waals surface area contributed by atoms with E-state index in [2.05, 4.69) is 26.9 Å². The van der Waals surface area contributed by atoms with Crippen molar-refractivity contribution in [2.45, 2.75) is 69.9 Å². The van der Waals surface area contributed by atoms with E-state index in [1.165, 1.54) is 14.2 Å². The van der Waals surface area contributed by atoms with Gasteiger partial charge in [-0.2, -0.15) is 5.26 Å². The van der Waals surface area contributed by atoms with Crippen LogP contribution >= 0.6 is 12.2 Å². The second kappa shape index (κ2) is 13.3. The van der Waals surface area contributed by atoms with Gasteiger partial charge in [0.1, 0.15) is 12.1 Å². The molecule has 13 heteroatoms. The van der Waals surface area contributed by atoms with Crippen LogP contribution in [0.1, 0.15) is 43.0 Å². The number of anilines is 1. The maximum Gasteiger partial charge on any atom is 0.242 e. The number of piperazine rings is 1. The van der Waals surface area contributed by atoms with Crippen LogP contribution in [0.25, 0.3) is 0 Å². The Morgan fingerprint density at radius 3 is 2.49 bits per heavy atom. The Kier molecular flexibility index (Phi) is 9.23. The number of amides is 1. The number of benzene rings is 2. The van der Waals surface area contributed by atoms with Gasteiger partial charge in [0, 0.05) is 46.6 Å². The van der Waals surface area contributed by atoms with Gasteiger partial charge >= 0.3 is 0 Å². The summed E-state index contributed by atoms with van der Waals surface area (Å²) in [7, 11) is 4.79. The first-order valence-electron chi connectivity index (χ1n) is 16.2. The van der Waals surface area contributed by atoms with Crippen LogP contribution in [0.3, 0.4) is 0 Å². The molecule has 1 aliphatic carbocycles. The molecule has 256 valence electrons. The number of carbonyl (C=O) groups excluding carboxylic acids is 3. The number of hydrogen-bond donors (Lipinski definition) is 4. The van der Waals surface area contributed by atoms with E-state index in [1.54, 1.807) is 13.8 Å². The minimum atomic E-state index is -0.839. The number of nitrogens with one attached hydrogen (secondary N) is 3. The van der Waals surface area contributed by atoms with Crippen molar-refractivity contribution >= 4 is 40.5 Å². The number of hydrogen-bond acceptors (Lipinski definition) is 10. The number of ketones is 2.